The van der Waals surface area contributed by atoms with Gasteiger partial charge in [-0.2, -0.15) is 0 Å². The van der Waals surface area contributed by atoms with Gasteiger partial charge >= 0.3 is 6.16 Å². The highest BCUT2D eigenvalue weighted by Crippen LogP contribution is 2.32. The minimum absolute atomic E-state index is 0.204. The average molecular weight is 352 g/mol. The standard InChI is InChI=1S/C13H10O3.C9H14O/c14-13(15-11-7-3-1-4-8-11)16-12-9-5-2-6-10-12;1-7-4-8(10)6-9(2,3)5-7/h1-10H;4H,5-6H2,1-3H3. The molecule has 4 heteroatoms. The third-order valence-corrected chi connectivity index (χ3v) is 3.71. The van der Waals surface area contributed by atoms with Gasteiger partial charge in [0.25, 0.3) is 0 Å². The highest BCUT2D eigenvalue weighted by Gasteiger charge is 2.25. The van der Waals surface area contributed by atoms with Crippen LogP contribution < -0.4 is 9.47 Å². The van der Waals surface area contributed by atoms with Crippen LogP contribution >= 0.6 is 0 Å². The maximum Gasteiger partial charge on any atom is 0.519 e. The van der Waals surface area contributed by atoms with Crippen LogP contribution in [0, 0.1) is 5.41 Å². The van der Waals surface area contributed by atoms with Gasteiger partial charge in [0, 0.05) is 6.42 Å². The van der Waals surface area contributed by atoms with Crippen molar-refractivity contribution in [2.75, 3.05) is 0 Å². The largest absolute Gasteiger partial charge is 0.519 e. The van der Waals surface area contributed by atoms with Gasteiger partial charge in [0.1, 0.15) is 11.5 Å². The van der Waals surface area contributed by atoms with Crippen LogP contribution in [0.5, 0.6) is 11.5 Å². The fourth-order valence-corrected chi connectivity index (χ4v) is 2.86. The van der Waals surface area contributed by atoms with Crippen LogP contribution in [-0.2, 0) is 4.79 Å². The average Bonchev–Trinajstić information content (AvgIpc) is 2.55. The number of ether oxygens (including phenoxy) is 2. The summed E-state index contributed by atoms with van der Waals surface area (Å²) in [6, 6.07) is 17.6. The van der Waals surface area contributed by atoms with Crippen molar-refractivity contribution in [1.82, 2.24) is 0 Å². The summed E-state index contributed by atoms with van der Waals surface area (Å²) in [5.74, 6) is 1.21. The molecule has 0 unspecified atom stereocenters. The molecule has 0 radical (unpaired) electrons. The third-order valence-electron chi connectivity index (χ3n) is 3.71. The molecule has 1 aliphatic rings. The summed E-state index contributed by atoms with van der Waals surface area (Å²) in [5.41, 5.74) is 1.43. The van der Waals surface area contributed by atoms with E-state index in [9.17, 15) is 9.59 Å². The van der Waals surface area contributed by atoms with Gasteiger partial charge in [-0.15, -0.1) is 0 Å². The van der Waals surface area contributed by atoms with Gasteiger partial charge in [-0.3, -0.25) is 4.79 Å². The first-order chi connectivity index (χ1) is 12.3. The van der Waals surface area contributed by atoms with Gasteiger partial charge in [0.2, 0.25) is 0 Å². The molecule has 136 valence electrons. The number of para-hydroxylation sites is 2. The molecule has 0 atom stereocenters. The zero-order chi connectivity index (χ0) is 19.0. The van der Waals surface area contributed by atoms with E-state index < -0.39 is 6.16 Å². The van der Waals surface area contributed by atoms with E-state index in [0.29, 0.717) is 17.9 Å². The number of rotatable bonds is 2. The Kier molecular flexibility index (Phi) is 6.73. The molecule has 0 saturated carbocycles. The highest BCUT2D eigenvalue weighted by atomic mass is 16.7. The van der Waals surface area contributed by atoms with Crippen LogP contribution in [0.2, 0.25) is 0 Å². The number of benzene rings is 2. The number of hydrogen-bond donors (Lipinski definition) is 0. The Morgan fingerprint density at radius 3 is 1.69 bits per heavy atom. The van der Waals surface area contributed by atoms with Crippen molar-refractivity contribution < 1.29 is 19.1 Å². The van der Waals surface area contributed by atoms with Crippen LogP contribution in [0.4, 0.5) is 4.79 Å². The minimum atomic E-state index is -0.739. The van der Waals surface area contributed by atoms with Crippen molar-refractivity contribution in [3.05, 3.63) is 72.3 Å². The van der Waals surface area contributed by atoms with E-state index in [1.54, 1.807) is 54.6 Å². The summed E-state index contributed by atoms with van der Waals surface area (Å²) in [4.78, 5) is 22.4. The second kappa shape index (κ2) is 8.99. The molecule has 1 aliphatic carbocycles. The highest BCUT2D eigenvalue weighted by molar-refractivity contribution is 5.91. The summed E-state index contributed by atoms with van der Waals surface area (Å²) in [6.07, 6.45) is 2.81. The quantitative estimate of drug-likeness (QED) is 0.522. The lowest BCUT2D eigenvalue weighted by atomic mass is 9.77. The van der Waals surface area contributed by atoms with Gasteiger partial charge in [-0.05, 0) is 49.1 Å². The molecule has 0 amide bonds. The van der Waals surface area contributed by atoms with Crippen molar-refractivity contribution in [3.63, 3.8) is 0 Å². The van der Waals surface area contributed by atoms with Crippen LogP contribution in [0.15, 0.2) is 72.3 Å². The van der Waals surface area contributed by atoms with Crippen molar-refractivity contribution >= 4 is 11.9 Å². The van der Waals surface area contributed by atoms with Crippen LogP contribution in [0.25, 0.3) is 0 Å². The molecule has 0 N–H and O–H groups in total. The van der Waals surface area contributed by atoms with Crippen molar-refractivity contribution in [3.8, 4) is 11.5 Å². The SMILES string of the molecule is CC1=CC(=O)CC(C)(C)C1.O=C(Oc1ccccc1)Oc1ccccc1. The topological polar surface area (TPSA) is 52.6 Å². The predicted molar refractivity (Wildman–Crippen MR) is 101 cm³/mol. The first-order valence-corrected chi connectivity index (χ1v) is 8.54. The Morgan fingerprint density at radius 2 is 1.31 bits per heavy atom. The monoisotopic (exact) mass is 352 g/mol. The molecule has 0 aliphatic heterocycles. The second-order valence-corrected chi connectivity index (χ2v) is 7.05. The van der Waals surface area contributed by atoms with E-state index in [0.717, 1.165) is 6.42 Å². The lowest BCUT2D eigenvalue weighted by molar-refractivity contribution is -0.117. The lowest BCUT2D eigenvalue weighted by Gasteiger charge is -2.27. The van der Waals surface area contributed by atoms with E-state index in [1.807, 2.05) is 19.1 Å². The van der Waals surface area contributed by atoms with Gasteiger partial charge in [0.05, 0.1) is 0 Å². The van der Waals surface area contributed by atoms with Crippen molar-refractivity contribution in [2.45, 2.75) is 33.6 Å². The molecule has 0 saturated heterocycles. The lowest BCUT2D eigenvalue weighted by Crippen LogP contribution is -2.20. The molecule has 0 heterocycles. The maximum atomic E-state index is 11.3. The molecular formula is C22H24O4. The van der Waals surface area contributed by atoms with Crippen molar-refractivity contribution in [2.24, 2.45) is 5.41 Å². The fraction of sp³-hybridized carbons (Fsp3) is 0.273. The Hall–Kier alpha value is -2.88. The maximum absolute atomic E-state index is 11.3. The Morgan fingerprint density at radius 1 is 0.846 bits per heavy atom. The van der Waals surface area contributed by atoms with E-state index in [-0.39, 0.29) is 11.2 Å². The summed E-state index contributed by atoms with van der Waals surface area (Å²) in [5, 5.41) is 0. The summed E-state index contributed by atoms with van der Waals surface area (Å²) >= 11 is 0. The number of ketones is 1. The molecule has 0 aromatic heterocycles. The van der Waals surface area contributed by atoms with Crippen LogP contribution in [-0.4, -0.2) is 11.9 Å². The molecule has 3 rings (SSSR count). The molecule has 2 aromatic carbocycles. The van der Waals surface area contributed by atoms with Gasteiger partial charge in [-0.25, -0.2) is 4.79 Å². The summed E-state index contributed by atoms with van der Waals surface area (Å²) in [7, 11) is 0. The van der Waals surface area contributed by atoms with E-state index >= 15 is 0 Å². The van der Waals surface area contributed by atoms with Crippen LogP contribution in [0.1, 0.15) is 33.6 Å². The Bertz CT molecular complexity index is 718. The molecule has 2 aromatic rings. The zero-order valence-corrected chi connectivity index (χ0v) is 15.4. The number of carbonyl (C=O) groups excluding carboxylic acids is 2. The fourth-order valence-electron chi connectivity index (χ4n) is 2.86. The normalized spacial score (nSPS) is 15.2. The Labute approximate surface area is 154 Å². The first kappa shape index (κ1) is 19.4. The Balaban J connectivity index is 0.000000209. The molecular weight excluding hydrogens is 328 g/mol. The van der Waals surface area contributed by atoms with Gasteiger partial charge in [-0.1, -0.05) is 55.8 Å². The summed E-state index contributed by atoms with van der Waals surface area (Å²) in [6.45, 7) is 6.31. The van der Waals surface area contributed by atoms with Gasteiger partial charge in [0.15, 0.2) is 5.78 Å². The molecule has 4 nitrogen and oxygen atoms in total. The smallest absolute Gasteiger partial charge is 0.395 e. The van der Waals surface area contributed by atoms with Crippen molar-refractivity contribution in [1.29, 1.82) is 0 Å². The van der Waals surface area contributed by atoms with E-state index in [4.69, 9.17) is 9.47 Å². The van der Waals surface area contributed by atoms with E-state index in [1.165, 1.54) is 5.57 Å². The number of carbonyl (C=O) groups is 2. The summed E-state index contributed by atoms with van der Waals surface area (Å²) < 4.78 is 9.91. The predicted octanol–water partition coefficient (Wildman–Crippen LogP) is 5.59. The molecule has 0 fully saturated rings. The first-order valence-electron chi connectivity index (χ1n) is 8.54. The molecule has 26 heavy (non-hydrogen) atoms. The van der Waals surface area contributed by atoms with E-state index in [2.05, 4.69) is 13.8 Å². The zero-order valence-electron chi connectivity index (χ0n) is 15.4. The minimum Gasteiger partial charge on any atom is -0.395 e. The second-order valence-electron chi connectivity index (χ2n) is 7.05. The number of allylic oxidation sites excluding steroid dienone is 2. The van der Waals surface area contributed by atoms with Crippen LogP contribution in [0.3, 0.4) is 0 Å². The molecule has 0 bridgehead atoms. The van der Waals surface area contributed by atoms with Gasteiger partial charge < -0.3 is 9.47 Å². The molecule has 0 spiro atoms. The number of hydrogen-bond acceptors (Lipinski definition) is 4. The third kappa shape index (κ3) is 6.93.